The van der Waals surface area contributed by atoms with Crippen LogP contribution in [0.25, 0.3) is 0 Å². The molecule has 0 radical (unpaired) electrons. The second-order valence-electron chi connectivity index (χ2n) is 2.62. The molecule has 0 aliphatic heterocycles. The highest BCUT2D eigenvalue weighted by molar-refractivity contribution is 7.90. The van der Waals surface area contributed by atoms with Crippen molar-refractivity contribution in [2.24, 2.45) is 0 Å². The van der Waals surface area contributed by atoms with Gasteiger partial charge in [0.25, 0.3) is 0 Å². The third-order valence-corrected chi connectivity index (χ3v) is 2.44. The zero-order valence-electron chi connectivity index (χ0n) is 7.89. The van der Waals surface area contributed by atoms with Gasteiger partial charge in [-0.3, -0.25) is 0 Å². The normalized spacial score (nSPS) is 11.1. The van der Waals surface area contributed by atoms with Crippen molar-refractivity contribution in [3.63, 3.8) is 0 Å². The molecule has 0 atom stereocenters. The van der Waals surface area contributed by atoms with E-state index in [2.05, 4.69) is 14.7 Å². The van der Waals surface area contributed by atoms with Crippen LogP contribution < -0.4 is 0 Å². The maximum Gasteiger partial charge on any atom is 0.356 e. The molecule has 1 heterocycles. The Labute approximate surface area is 91.2 Å². The standard InChI is InChI=1S/C7H7ClN2O4S/c1-14-6(11)4-3-5(8)10-7(9-4)15(2,12)13/h3H,1-2H3. The van der Waals surface area contributed by atoms with Gasteiger partial charge in [-0.15, -0.1) is 0 Å². The molecule has 0 aliphatic carbocycles. The van der Waals surface area contributed by atoms with Crippen LogP contribution in [0.15, 0.2) is 11.2 Å². The topological polar surface area (TPSA) is 86.2 Å². The molecule has 0 fully saturated rings. The molecule has 15 heavy (non-hydrogen) atoms. The number of rotatable bonds is 2. The number of sulfone groups is 1. The highest BCUT2D eigenvalue weighted by Crippen LogP contribution is 2.11. The van der Waals surface area contributed by atoms with Gasteiger partial charge in [-0.1, -0.05) is 11.6 Å². The van der Waals surface area contributed by atoms with Crippen LogP contribution in [-0.4, -0.2) is 37.7 Å². The lowest BCUT2D eigenvalue weighted by atomic mass is 10.4. The average molecular weight is 251 g/mol. The first-order valence-electron chi connectivity index (χ1n) is 3.67. The van der Waals surface area contributed by atoms with E-state index in [1.165, 1.54) is 0 Å². The van der Waals surface area contributed by atoms with Gasteiger partial charge in [0.15, 0.2) is 5.69 Å². The van der Waals surface area contributed by atoms with Gasteiger partial charge in [-0.2, -0.15) is 0 Å². The minimum absolute atomic E-state index is 0.133. The minimum Gasteiger partial charge on any atom is -0.464 e. The molecule has 0 saturated heterocycles. The SMILES string of the molecule is COC(=O)c1cc(Cl)nc(S(C)(=O)=O)n1. The predicted molar refractivity (Wildman–Crippen MR) is 51.5 cm³/mol. The van der Waals surface area contributed by atoms with Crippen molar-refractivity contribution in [3.8, 4) is 0 Å². The van der Waals surface area contributed by atoms with Crippen molar-refractivity contribution in [2.75, 3.05) is 13.4 Å². The van der Waals surface area contributed by atoms with Crippen LogP contribution in [0.2, 0.25) is 5.15 Å². The summed E-state index contributed by atoms with van der Waals surface area (Å²) in [7, 11) is -2.45. The Hall–Kier alpha value is -1.21. The van der Waals surface area contributed by atoms with E-state index in [1.807, 2.05) is 0 Å². The number of carbonyl (C=O) groups is 1. The summed E-state index contributed by atoms with van der Waals surface area (Å²) < 4.78 is 26.6. The lowest BCUT2D eigenvalue weighted by molar-refractivity contribution is 0.0593. The number of aromatic nitrogens is 2. The van der Waals surface area contributed by atoms with Crippen molar-refractivity contribution < 1.29 is 17.9 Å². The summed E-state index contributed by atoms with van der Waals surface area (Å²) in [5, 5.41) is -0.638. The first-order valence-corrected chi connectivity index (χ1v) is 5.94. The molecule has 0 aliphatic rings. The summed E-state index contributed by atoms with van der Waals surface area (Å²) in [4.78, 5) is 18.1. The van der Waals surface area contributed by atoms with Crippen LogP contribution in [0.3, 0.4) is 0 Å². The summed E-state index contributed by atoms with van der Waals surface area (Å²) in [6.07, 6.45) is 0.916. The highest BCUT2D eigenvalue weighted by atomic mass is 35.5. The summed E-state index contributed by atoms with van der Waals surface area (Å²) in [5.41, 5.74) is -0.196. The summed E-state index contributed by atoms with van der Waals surface area (Å²) in [6, 6.07) is 1.13. The third-order valence-electron chi connectivity index (χ3n) is 1.40. The van der Waals surface area contributed by atoms with Crippen LogP contribution >= 0.6 is 11.6 Å². The summed E-state index contributed by atoms with van der Waals surface area (Å²) in [6.45, 7) is 0. The van der Waals surface area contributed by atoms with Gasteiger partial charge in [0.05, 0.1) is 7.11 Å². The molecule has 0 unspecified atom stereocenters. The Kier molecular flexibility index (Phi) is 3.25. The Morgan fingerprint density at radius 1 is 1.47 bits per heavy atom. The zero-order valence-corrected chi connectivity index (χ0v) is 9.46. The van der Waals surface area contributed by atoms with E-state index in [-0.39, 0.29) is 10.8 Å². The summed E-state index contributed by atoms with van der Waals surface area (Å²) >= 11 is 5.53. The first kappa shape index (κ1) is 11.9. The number of halogens is 1. The highest BCUT2D eigenvalue weighted by Gasteiger charge is 2.17. The molecule has 0 bridgehead atoms. The Morgan fingerprint density at radius 2 is 2.07 bits per heavy atom. The van der Waals surface area contributed by atoms with Crippen LogP contribution in [0.1, 0.15) is 10.5 Å². The van der Waals surface area contributed by atoms with Crippen molar-refractivity contribution in [1.29, 1.82) is 0 Å². The average Bonchev–Trinajstić information content (AvgIpc) is 2.14. The van der Waals surface area contributed by atoms with Crippen LogP contribution in [-0.2, 0) is 14.6 Å². The minimum atomic E-state index is -3.60. The van der Waals surface area contributed by atoms with E-state index in [0.717, 1.165) is 19.4 Å². The third kappa shape index (κ3) is 2.87. The molecular weight excluding hydrogens is 244 g/mol. The Morgan fingerprint density at radius 3 is 2.53 bits per heavy atom. The van der Waals surface area contributed by atoms with E-state index in [4.69, 9.17) is 11.6 Å². The molecular formula is C7H7ClN2O4S. The van der Waals surface area contributed by atoms with E-state index >= 15 is 0 Å². The fourth-order valence-corrected chi connectivity index (χ4v) is 1.53. The Bertz CT molecular complexity index is 500. The summed E-state index contributed by atoms with van der Waals surface area (Å²) in [5.74, 6) is -0.774. The van der Waals surface area contributed by atoms with Crippen molar-refractivity contribution in [3.05, 3.63) is 16.9 Å². The first-order chi connectivity index (χ1) is 6.84. The largest absolute Gasteiger partial charge is 0.464 e. The second-order valence-corrected chi connectivity index (χ2v) is 4.92. The molecule has 82 valence electrons. The van der Waals surface area contributed by atoms with Crippen LogP contribution in [0.4, 0.5) is 0 Å². The number of methoxy groups -OCH3 is 1. The maximum atomic E-state index is 11.1. The van der Waals surface area contributed by atoms with Crippen LogP contribution in [0, 0.1) is 0 Å². The smallest absolute Gasteiger partial charge is 0.356 e. The van der Waals surface area contributed by atoms with Gasteiger partial charge < -0.3 is 4.74 Å². The van der Waals surface area contributed by atoms with Crippen molar-refractivity contribution in [2.45, 2.75) is 5.16 Å². The van der Waals surface area contributed by atoms with Crippen molar-refractivity contribution in [1.82, 2.24) is 9.97 Å². The van der Waals surface area contributed by atoms with Gasteiger partial charge >= 0.3 is 5.97 Å². The number of hydrogen-bond donors (Lipinski definition) is 0. The van der Waals surface area contributed by atoms with E-state index in [0.29, 0.717) is 0 Å². The van der Waals surface area contributed by atoms with E-state index in [1.54, 1.807) is 0 Å². The molecule has 1 rings (SSSR count). The molecule has 0 aromatic carbocycles. The van der Waals surface area contributed by atoms with Gasteiger partial charge in [0.2, 0.25) is 15.0 Å². The monoisotopic (exact) mass is 250 g/mol. The Balaban J connectivity index is 3.35. The number of hydrogen-bond acceptors (Lipinski definition) is 6. The van der Waals surface area contributed by atoms with Gasteiger partial charge in [-0.05, 0) is 0 Å². The van der Waals surface area contributed by atoms with E-state index in [9.17, 15) is 13.2 Å². The van der Waals surface area contributed by atoms with Gasteiger partial charge in [0.1, 0.15) is 5.15 Å². The molecule has 0 spiro atoms. The van der Waals surface area contributed by atoms with Gasteiger partial charge in [-0.25, -0.2) is 23.2 Å². The number of ether oxygens (including phenoxy) is 1. The molecule has 6 nitrogen and oxygen atoms in total. The second kappa shape index (κ2) is 4.11. The fraction of sp³-hybridized carbons (Fsp3) is 0.286. The predicted octanol–water partition coefficient (Wildman–Crippen LogP) is 0.320. The van der Waals surface area contributed by atoms with Crippen molar-refractivity contribution >= 4 is 27.4 Å². The fourth-order valence-electron chi connectivity index (χ4n) is 0.772. The van der Waals surface area contributed by atoms with Crippen LogP contribution in [0.5, 0.6) is 0 Å². The molecule has 8 heteroatoms. The number of nitrogens with zero attached hydrogens (tertiary/aromatic N) is 2. The molecule has 0 saturated carbocycles. The quantitative estimate of drug-likeness (QED) is 0.427. The zero-order chi connectivity index (χ0) is 11.6. The number of carbonyl (C=O) groups excluding carboxylic acids is 1. The number of esters is 1. The van der Waals surface area contributed by atoms with E-state index < -0.39 is 21.0 Å². The lowest BCUT2D eigenvalue weighted by Gasteiger charge is -2.01. The van der Waals surface area contributed by atoms with Gasteiger partial charge in [0, 0.05) is 12.3 Å². The molecule has 1 aromatic heterocycles. The molecule has 0 amide bonds. The molecule has 0 N–H and O–H groups in total. The maximum absolute atomic E-state index is 11.1. The molecule has 1 aromatic rings. The lowest BCUT2D eigenvalue weighted by Crippen LogP contribution is -2.11.